The van der Waals surface area contributed by atoms with Crippen LogP contribution in [-0.4, -0.2) is 41.5 Å². The molecule has 2 unspecified atom stereocenters. The molecule has 1 rings (SSSR count). The van der Waals surface area contributed by atoms with E-state index in [4.69, 9.17) is 10.8 Å². The molecule has 2 atom stereocenters. The number of carbonyl (C=O) groups is 2. The Morgan fingerprint density at radius 1 is 1.47 bits per heavy atom. The number of aliphatic carboxylic acids is 1. The fourth-order valence-electron chi connectivity index (χ4n) is 1.95. The minimum atomic E-state index is -0.884. The van der Waals surface area contributed by atoms with Gasteiger partial charge >= 0.3 is 5.97 Å². The summed E-state index contributed by atoms with van der Waals surface area (Å²) in [4.78, 5) is 23.6. The lowest BCUT2D eigenvalue weighted by Gasteiger charge is -2.22. The number of rotatable bonds is 4. The van der Waals surface area contributed by atoms with Gasteiger partial charge in [-0.25, -0.2) is 0 Å². The summed E-state index contributed by atoms with van der Waals surface area (Å²) in [7, 11) is 1.64. The molecule has 5 nitrogen and oxygen atoms in total. The Kier molecular flexibility index (Phi) is 4.08. The van der Waals surface area contributed by atoms with Gasteiger partial charge in [0, 0.05) is 19.6 Å². The second-order valence-corrected chi connectivity index (χ2v) is 4.10. The molecule has 15 heavy (non-hydrogen) atoms. The smallest absolute Gasteiger partial charge is 0.305 e. The van der Waals surface area contributed by atoms with Crippen LogP contribution in [0.4, 0.5) is 0 Å². The van der Waals surface area contributed by atoms with E-state index in [1.807, 2.05) is 0 Å². The minimum absolute atomic E-state index is 0.00972. The number of nitrogens with zero attached hydrogens (tertiary/aromatic N) is 1. The molecule has 0 radical (unpaired) electrons. The highest BCUT2D eigenvalue weighted by atomic mass is 16.4. The molecule has 0 aromatic heterocycles. The van der Waals surface area contributed by atoms with Crippen molar-refractivity contribution in [1.29, 1.82) is 0 Å². The Morgan fingerprint density at radius 3 is 2.60 bits per heavy atom. The van der Waals surface area contributed by atoms with Crippen LogP contribution in [0.25, 0.3) is 0 Å². The number of carboxylic acids is 1. The summed E-state index contributed by atoms with van der Waals surface area (Å²) < 4.78 is 0. The first-order chi connectivity index (χ1) is 7.02. The Morgan fingerprint density at radius 2 is 2.13 bits per heavy atom. The lowest BCUT2D eigenvalue weighted by atomic mass is 10.0. The normalized spacial score (nSPS) is 25.2. The first-order valence-corrected chi connectivity index (χ1v) is 5.24. The molecule has 0 heterocycles. The third-order valence-corrected chi connectivity index (χ3v) is 2.92. The van der Waals surface area contributed by atoms with Gasteiger partial charge < -0.3 is 15.7 Å². The summed E-state index contributed by atoms with van der Waals surface area (Å²) in [6.07, 6.45) is 2.70. The molecule has 5 heteroatoms. The van der Waals surface area contributed by atoms with E-state index in [1.165, 1.54) is 4.90 Å². The van der Waals surface area contributed by atoms with E-state index in [0.29, 0.717) is 0 Å². The summed E-state index contributed by atoms with van der Waals surface area (Å²) in [5.74, 6) is -1.00. The second kappa shape index (κ2) is 5.11. The molecule has 0 aliphatic heterocycles. The van der Waals surface area contributed by atoms with E-state index in [2.05, 4.69) is 0 Å². The molecule has 1 amide bonds. The minimum Gasteiger partial charge on any atom is -0.481 e. The van der Waals surface area contributed by atoms with Gasteiger partial charge in [-0.05, 0) is 12.8 Å². The maximum absolute atomic E-state index is 11.8. The Bertz CT molecular complexity index is 255. The summed E-state index contributed by atoms with van der Waals surface area (Å²) in [5, 5.41) is 8.50. The van der Waals surface area contributed by atoms with Crippen LogP contribution in [0, 0.1) is 5.92 Å². The van der Waals surface area contributed by atoms with Crippen LogP contribution in [0.2, 0.25) is 0 Å². The Labute approximate surface area is 89.2 Å². The molecule has 0 aromatic carbocycles. The molecule has 0 bridgehead atoms. The van der Waals surface area contributed by atoms with Crippen molar-refractivity contribution >= 4 is 11.9 Å². The van der Waals surface area contributed by atoms with Gasteiger partial charge in [-0.1, -0.05) is 6.42 Å². The zero-order chi connectivity index (χ0) is 11.4. The molecular formula is C10H18N2O3. The highest BCUT2D eigenvalue weighted by Gasteiger charge is 2.32. The predicted octanol–water partition coefficient (Wildman–Crippen LogP) is 0.0469. The molecule has 1 aliphatic rings. The summed E-state index contributed by atoms with van der Waals surface area (Å²) in [6.45, 7) is 0.261. The highest BCUT2D eigenvalue weighted by molar-refractivity contribution is 5.80. The maximum atomic E-state index is 11.8. The van der Waals surface area contributed by atoms with Gasteiger partial charge in [0.25, 0.3) is 0 Å². The molecule has 0 saturated heterocycles. The van der Waals surface area contributed by atoms with Crippen molar-refractivity contribution in [2.24, 2.45) is 11.7 Å². The fraction of sp³-hybridized carbons (Fsp3) is 0.800. The summed E-state index contributed by atoms with van der Waals surface area (Å²) in [5.41, 5.74) is 5.81. The van der Waals surface area contributed by atoms with Crippen molar-refractivity contribution < 1.29 is 14.7 Å². The monoisotopic (exact) mass is 214 g/mol. The van der Waals surface area contributed by atoms with Crippen molar-refractivity contribution in [3.05, 3.63) is 0 Å². The first kappa shape index (κ1) is 12.0. The molecule has 3 N–H and O–H groups in total. The van der Waals surface area contributed by atoms with E-state index in [1.54, 1.807) is 7.05 Å². The van der Waals surface area contributed by atoms with E-state index in [9.17, 15) is 9.59 Å². The molecule has 0 aromatic rings. The molecule has 86 valence electrons. The van der Waals surface area contributed by atoms with Crippen LogP contribution in [-0.2, 0) is 9.59 Å². The van der Waals surface area contributed by atoms with Crippen molar-refractivity contribution in [3.8, 4) is 0 Å². The topological polar surface area (TPSA) is 83.6 Å². The van der Waals surface area contributed by atoms with Gasteiger partial charge in [0.15, 0.2) is 0 Å². The van der Waals surface area contributed by atoms with Crippen LogP contribution in [0.1, 0.15) is 25.7 Å². The van der Waals surface area contributed by atoms with Gasteiger partial charge in [-0.15, -0.1) is 0 Å². The predicted molar refractivity (Wildman–Crippen MR) is 55.2 cm³/mol. The molecule has 1 aliphatic carbocycles. The van der Waals surface area contributed by atoms with Crippen molar-refractivity contribution in [1.82, 2.24) is 4.90 Å². The zero-order valence-corrected chi connectivity index (χ0v) is 8.98. The highest BCUT2D eigenvalue weighted by Crippen LogP contribution is 2.25. The van der Waals surface area contributed by atoms with Gasteiger partial charge in [0.1, 0.15) is 0 Å². The van der Waals surface area contributed by atoms with E-state index < -0.39 is 5.97 Å². The zero-order valence-electron chi connectivity index (χ0n) is 8.98. The van der Waals surface area contributed by atoms with Gasteiger partial charge in [-0.3, -0.25) is 9.59 Å². The number of hydrogen-bond acceptors (Lipinski definition) is 3. The van der Waals surface area contributed by atoms with Crippen molar-refractivity contribution in [3.63, 3.8) is 0 Å². The average molecular weight is 214 g/mol. The van der Waals surface area contributed by atoms with Crippen molar-refractivity contribution in [2.75, 3.05) is 13.6 Å². The second-order valence-electron chi connectivity index (χ2n) is 4.10. The van der Waals surface area contributed by atoms with Gasteiger partial charge in [0.2, 0.25) is 5.91 Å². The number of carbonyl (C=O) groups excluding carboxylic acids is 1. The fourth-order valence-corrected chi connectivity index (χ4v) is 1.95. The third-order valence-electron chi connectivity index (χ3n) is 2.92. The van der Waals surface area contributed by atoms with E-state index in [-0.39, 0.29) is 30.8 Å². The maximum Gasteiger partial charge on any atom is 0.305 e. The Balaban J connectivity index is 2.41. The number of amides is 1. The van der Waals surface area contributed by atoms with Gasteiger partial charge in [0.05, 0.1) is 12.3 Å². The quantitative estimate of drug-likeness (QED) is 0.692. The summed E-state index contributed by atoms with van der Waals surface area (Å²) >= 11 is 0. The molecular weight excluding hydrogens is 196 g/mol. The van der Waals surface area contributed by atoms with Crippen LogP contribution < -0.4 is 5.73 Å². The van der Waals surface area contributed by atoms with Crippen LogP contribution in [0.3, 0.4) is 0 Å². The molecule has 1 saturated carbocycles. The van der Waals surface area contributed by atoms with Gasteiger partial charge in [-0.2, -0.15) is 0 Å². The van der Waals surface area contributed by atoms with Crippen molar-refractivity contribution in [2.45, 2.75) is 31.7 Å². The lowest BCUT2D eigenvalue weighted by molar-refractivity contribution is -0.139. The van der Waals surface area contributed by atoms with E-state index >= 15 is 0 Å². The first-order valence-electron chi connectivity index (χ1n) is 5.24. The van der Waals surface area contributed by atoms with Crippen LogP contribution >= 0.6 is 0 Å². The van der Waals surface area contributed by atoms with Crippen LogP contribution in [0.5, 0.6) is 0 Å². The van der Waals surface area contributed by atoms with Crippen LogP contribution in [0.15, 0.2) is 0 Å². The number of carboxylic acid groups (broad SMARTS) is 1. The number of hydrogen-bond donors (Lipinski definition) is 2. The largest absolute Gasteiger partial charge is 0.481 e. The molecule has 1 fully saturated rings. The lowest BCUT2D eigenvalue weighted by Crippen LogP contribution is -2.40. The standard InChI is InChI=1S/C10H18N2O3/c1-12(6-5-9(13)14)10(15)7-3-2-4-8(7)11/h7-8H,2-6,11H2,1H3,(H,13,14). The SMILES string of the molecule is CN(CCC(=O)O)C(=O)C1CCCC1N. The average Bonchev–Trinajstić information content (AvgIpc) is 2.59. The summed E-state index contributed by atoms with van der Waals surface area (Å²) in [6, 6.07) is -0.0511. The molecule has 0 spiro atoms. The van der Waals surface area contributed by atoms with E-state index in [0.717, 1.165) is 19.3 Å². The third kappa shape index (κ3) is 3.20. The number of nitrogens with two attached hydrogens (primary N) is 1. The Hall–Kier alpha value is -1.10.